The number of nitrogens with one attached hydrogen (secondary N) is 2. The van der Waals surface area contributed by atoms with E-state index in [9.17, 15) is 24.5 Å². The minimum Gasteiger partial charge on any atom is -0.454 e. The van der Waals surface area contributed by atoms with Gasteiger partial charge in [-0.15, -0.1) is 0 Å². The van der Waals surface area contributed by atoms with Crippen molar-refractivity contribution < 1.29 is 24.0 Å². The van der Waals surface area contributed by atoms with Crippen molar-refractivity contribution in [3.8, 4) is 0 Å². The SMILES string of the molecule is Cc1ccc(NC(=O)COC(=O)CNC(=O)c2ccccc2I)cc1[N+](=O)[O-]. The first-order valence-corrected chi connectivity index (χ1v) is 9.09. The number of halogens is 1. The van der Waals surface area contributed by atoms with Gasteiger partial charge in [-0.3, -0.25) is 24.5 Å². The first-order valence-electron chi connectivity index (χ1n) is 8.01. The summed E-state index contributed by atoms with van der Waals surface area (Å²) < 4.78 is 5.53. The number of ether oxygens (including phenoxy) is 1. The van der Waals surface area contributed by atoms with E-state index in [1.54, 1.807) is 31.2 Å². The van der Waals surface area contributed by atoms with Crippen LogP contribution in [0.5, 0.6) is 0 Å². The van der Waals surface area contributed by atoms with Crippen molar-refractivity contribution in [2.45, 2.75) is 6.92 Å². The quantitative estimate of drug-likeness (QED) is 0.262. The predicted octanol–water partition coefficient (Wildman–Crippen LogP) is 2.42. The number of benzene rings is 2. The molecule has 0 fully saturated rings. The number of nitro benzene ring substituents is 1. The summed E-state index contributed by atoms with van der Waals surface area (Å²) in [6.45, 7) is 0.600. The zero-order valence-electron chi connectivity index (χ0n) is 14.7. The molecule has 2 rings (SSSR count). The number of amides is 2. The molecule has 2 aromatic carbocycles. The molecule has 0 heterocycles. The third-order valence-electron chi connectivity index (χ3n) is 3.57. The van der Waals surface area contributed by atoms with Crippen molar-refractivity contribution in [2.75, 3.05) is 18.5 Å². The van der Waals surface area contributed by atoms with Crippen LogP contribution in [0.2, 0.25) is 0 Å². The Morgan fingerprint density at radius 2 is 1.89 bits per heavy atom. The molecule has 0 spiro atoms. The minimum absolute atomic E-state index is 0.131. The van der Waals surface area contributed by atoms with Gasteiger partial charge < -0.3 is 15.4 Å². The normalized spacial score (nSPS) is 10.1. The summed E-state index contributed by atoms with van der Waals surface area (Å²) in [5, 5.41) is 15.7. The van der Waals surface area contributed by atoms with E-state index in [1.807, 2.05) is 22.6 Å². The van der Waals surface area contributed by atoms with Crippen molar-refractivity contribution in [3.05, 3.63) is 67.3 Å². The molecule has 28 heavy (non-hydrogen) atoms. The van der Waals surface area contributed by atoms with Crippen LogP contribution in [0.15, 0.2) is 42.5 Å². The maximum Gasteiger partial charge on any atom is 0.325 e. The van der Waals surface area contributed by atoms with E-state index in [1.165, 1.54) is 18.2 Å². The lowest BCUT2D eigenvalue weighted by Crippen LogP contribution is -2.32. The lowest BCUT2D eigenvalue weighted by atomic mass is 10.2. The van der Waals surface area contributed by atoms with Crippen molar-refractivity contribution in [1.82, 2.24) is 5.32 Å². The highest BCUT2D eigenvalue weighted by Crippen LogP contribution is 2.22. The molecule has 2 N–H and O–H groups in total. The second kappa shape index (κ2) is 9.78. The van der Waals surface area contributed by atoms with Crippen LogP contribution in [0, 0.1) is 20.6 Å². The zero-order valence-corrected chi connectivity index (χ0v) is 16.9. The number of carbonyl (C=O) groups is 3. The molecule has 0 radical (unpaired) electrons. The summed E-state index contributed by atoms with van der Waals surface area (Å²) in [4.78, 5) is 45.9. The molecular formula is C18H16IN3O6. The third-order valence-corrected chi connectivity index (χ3v) is 4.51. The maximum absolute atomic E-state index is 12.0. The Bertz CT molecular complexity index is 931. The number of hydrogen-bond acceptors (Lipinski definition) is 6. The van der Waals surface area contributed by atoms with E-state index < -0.39 is 35.9 Å². The molecule has 0 aromatic heterocycles. The molecule has 0 saturated heterocycles. The predicted molar refractivity (Wildman–Crippen MR) is 109 cm³/mol. The van der Waals surface area contributed by atoms with Gasteiger partial charge in [0.25, 0.3) is 17.5 Å². The summed E-state index contributed by atoms with van der Waals surface area (Å²) in [5.74, 6) is -1.88. The molecule has 146 valence electrons. The monoisotopic (exact) mass is 497 g/mol. The van der Waals surface area contributed by atoms with Crippen molar-refractivity contribution in [1.29, 1.82) is 0 Å². The number of nitro groups is 1. The van der Waals surface area contributed by atoms with Gasteiger partial charge in [0.05, 0.1) is 10.5 Å². The summed E-state index contributed by atoms with van der Waals surface area (Å²) in [6, 6.07) is 11.1. The number of esters is 1. The van der Waals surface area contributed by atoms with Crippen LogP contribution in [0.1, 0.15) is 15.9 Å². The van der Waals surface area contributed by atoms with Gasteiger partial charge in [-0.1, -0.05) is 18.2 Å². The first-order chi connectivity index (χ1) is 13.3. The molecule has 2 aromatic rings. The topological polar surface area (TPSA) is 128 Å². The Hall–Kier alpha value is -3.02. The number of carbonyl (C=O) groups excluding carboxylic acids is 3. The number of nitrogens with zero attached hydrogens (tertiary/aromatic N) is 1. The molecule has 0 aliphatic heterocycles. The van der Waals surface area contributed by atoms with Gasteiger partial charge in [-0.2, -0.15) is 0 Å². The highest BCUT2D eigenvalue weighted by atomic mass is 127. The van der Waals surface area contributed by atoms with Crippen LogP contribution in [-0.2, 0) is 14.3 Å². The Kier molecular flexibility index (Phi) is 7.44. The molecule has 2 amide bonds. The van der Waals surface area contributed by atoms with Crippen molar-refractivity contribution >= 4 is 51.7 Å². The average molecular weight is 497 g/mol. The van der Waals surface area contributed by atoms with Gasteiger partial charge in [-0.25, -0.2) is 0 Å². The van der Waals surface area contributed by atoms with E-state index in [-0.39, 0.29) is 11.4 Å². The number of hydrogen-bond donors (Lipinski definition) is 2. The Balaban J connectivity index is 1.80. The van der Waals surface area contributed by atoms with Gasteiger partial charge in [0.2, 0.25) is 0 Å². The fourth-order valence-corrected chi connectivity index (χ4v) is 2.80. The van der Waals surface area contributed by atoms with Gasteiger partial charge in [0, 0.05) is 20.9 Å². The molecule has 0 saturated carbocycles. The molecular weight excluding hydrogens is 481 g/mol. The second-order valence-electron chi connectivity index (χ2n) is 5.63. The molecule has 0 aliphatic carbocycles. The van der Waals surface area contributed by atoms with Gasteiger partial charge in [-0.05, 0) is 47.7 Å². The van der Waals surface area contributed by atoms with Gasteiger partial charge >= 0.3 is 5.97 Å². The Morgan fingerprint density at radius 3 is 2.57 bits per heavy atom. The number of rotatable bonds is 7. The molecule has 0 aliphatic rings. The van der Waals surface area contributed by atoms with Gasteiger partial charge in [0.15, 0.2) is 6.61 Å². The maximum atomic E-state index is 12.0. The van der Waals surface area contributed by atoms with Crippen molar-refractivity contribution in [2.24, 2.45) is 0 Å². The number of anilines is 1. The third kappa shape index (κ3) is 6.01. The largest absolute Gasteiger partial charge is 0.454 e. The summed E-state index contributed by atoms with van der Waals surface area (Å²) in [6.07, 6.45) is 0. The molecule has 0 bridgehead atoms. The zero-order chi connectivity index (χ0) is 20.7. The van der Waals surface area contributed by atoms with E-state index in [4.69, 9.17) is 4.74 Å². The van der Waals surface area contributed by atoms with Crippen LogP contribution in [0.25, 0.3) is 0 Å². The van der Waals surface area contributed by atoms with Gasteiger partial charge in [0.1, 0.15) is 6.54 Å². The van der Waals surface area contributed by atoms with Crippen LogP contribution in [0.3, 0.4) is 0 Å². The van der Waals surface area contributed by atoms with E-state index >= 15 is 0 Å². The first kappa shape index (κ1) is 21.3. The fraction of sp³-hybridized carbons (Fsp3) is 0.167. The van der Waals surface area contributed by atoms with Crippen molar-refractivity contribution in [3.63, 3.8) is 0 Å². The number of aryl methyl sites for hydroxylation is 1. The summed E-state index contributed by atoms with van der Waals surface area (Å²) >= 11 is 2.00. The van der Waals surface area contributed by atoms with Crippen LogP contribution in [-0.4, -0.2) is 35.9 Å². The molecule has 10 heteroatoms. The molecule has 0 unspecified atom stereocenters. The standard InChI is InChI=1S/C18H16IN3O6/c1-11-6-7-12(8-15(11)22(26)27)21-16(23)10-28-17(24)9-20-18(25)13-4-2-3-5-14(13)19/h2-8H,9-10H2,1H3,(H,20,25)(H,21,23). The Labute approximate surface area is 173 Å². The van der Waals surface area contributed by atoms with Crippen LogP contribution < -0.4 is 10.6 Å². The minimum atomic E-state index is -0.788. The van der Waals surface area contributed by atoms with E-state index in [2.05, 4.69) is 10.6 Å². The smallest absolute Gasteiger partial charge is 0.325 e. The highest BCUT2D eigenvalue weighted by Gasteiger charge is 2.14. The lowest BCUT2D eigenvalue weighted by molar-refractivity contribution is -0.385. The molecule has 9 nitrogen and oxygen atoms in total. The summed E-state index contributed by atoms with van der Waals surface area (Å²) in [7, 11) is 0. The van der Waals surface area contributed by atoms with E-state index in [0.29, 0.717) is 11.1 Å². The second-order valence-corrected chi connectivity index (χ2v) is 6.79. The van der Waals surface area contributed by atoms with E-state index in [0.717, 1.165) is 3.57 Å². The van der Waals surface area contributed by atoms with Crippen LogP contribution in [0.4, 0.5) is 11.4 Å². The summed E-state index contributed by atoms with van der Waals surface area (Å²) in [5.41, 5.74) is 0.964. The highest BCUT2D eigenvalue weighted by molar-refractivity contribution is 14.1. The average Bonchev–Trinajstić information content (AvgIpc) is 2.66. The molecule has 0 atom stereocenters. The Morgan fingerprint density at radius 1 is 1.18 bits per heavy atom. The fourth-order valence-electron chi connectivity index (χ4n) is 2.17. The van der Waals surface area contributed by atoms with Crippen LogP contribution >= 0.6 is 22.6 Å². The lowest BCUT2D eigenvalue weighted by Gasteiger charge is -2.08.